The molecule has 1 aliphatic heterocycles. The van der Waals surface area contributed by atoms with Crippen molar-refractivity contribution in [1.82, 2.24) is 10.2 Å². The highest BCUT2D eigenvalue weighted by Gasteiger charge is 2.21. The Morgan fingerprint density at radius 3 is 2.46 bits per heavy atom. The van der Waals surface area contributed by atoms with Gasteiger partial charge in [-0.15, -0.1) is 0 Å². The number of para-hydroxylation sites is 1. The van der Waals surface area contributed by atoms with Crippen LogP contribution in [0.2, 0.25) is 0 Å². The number of piperazine rings is 1. The number of hydrogen-bond donors (Lipinski definition) is 1. The van der Waals surface area contributed by atoms with Crippen molar-refractivity contribution in [3.8, 4) is 11.5 Å². The highest BCUT2D eigenvalue weighted by molar-refractivity contribution is 5.80. The van der Waals surface area contributed by atoms with Gasteiger partial charge in [0.05, 0.1) is 19.9 Å². The summed E-state index contributed by atoms with van der Waals surface area (Å²) < 4.78 is 24.7. The number of rotatable bonds is 5. The summed E-state index contributed by atoms with van der Waals surface area (Å²) in [6, 6.07) is 12.7. The zero-order valence-corrected chi connectivity index (χ0v) is 16.6. The Hall–Kier alpha value is -2.96. The maximum Gasteiger partial charge on any atom is 0.194 e. The van der Waals surface area contributed by atoms with E-state index in [1.54, 1.807) is 27.3 Å². The number of nitrogens with one attached hydrogen (secondary N) is 1. The molecule has 0 unspecified atom stereocenters. The van der Waals surface area contributed by atoms with Crippen LogP contribution in [0, 0.1) is 5.82 Å². The Kier molecular flexibility index (Phi) is 6.57. The summed E-state index contributed by atoms with van der Waals surface area (Å²) in [5.74, 6) is 2.18. The lowest BCUT2D eigenvalue weighted by Crippen LogP contribution is -2.52. The van der Waals surface area contributed by atoms with Gasteiger partial charge in [-0.1, -0.05) is 12.1 Å². The van der Waals surface area contributed by atoms with Crippen LogP contribution >= 0.6 is 0 Å². The fourth-order valence-corrected chi connectivity index (χ4v) is 3.37. The number of halogens is 1. The van der Waals surface area contributed by atoms with E-state index in [-0.39, 0.29) is 5.82 Å². The van der Waals surface area contributed by atoms with Gasteiger partial charge in [0, 0.05) is 51.4 Å². The van der Waals surface area contributed by atoms with Crippen molar-refractivity contribution in [3.05, 3.63) is 53.8 Å². The molecule has 1 saturated heterocycles. The van der Waals surface area contributed by atoms with Crippen LogP contribution < -0.4 is 19.7 Å². The van der Waals surface area contributed by atoms with E-state index in [4.69, 9.17) is 9.47 Å². The van der Waals surface area contributed by atoms with Crippen LogP contribution in [0.1, 0.15) is 5.56 Å². The smallest absolute Gasteiger partial charge is 0.194 e. The van der Waals surface area contributed by atoms with E-state index in [2.05, 4.69) is 20.1 Å². The number of aliphatic imine (C=N–C) groups is 1. The number of benzene rings is 2. The number of hydrogen-bond acceptors (Lipinski definition) is 4. The third-order valence-electron chi connectivity index (χ3n) is 4.92. The Morgan fingerprint density at radius 1 is 1.07 bits per heavy atom. The van der Waals surface area contributed by atoms with Gasteiger partial charge in [0.15, 0.2) is 5.96 Å². The minimum atomic E-state index is -0.176. The molecule has 28 heavy (non-hydrogen) atoms. The van der Waals surface area contributed by atoms with Gasteiger partial charge in [-0.25, -0.2) is 4.39 Å². The monoisotopic (exact) mass is 386 g/mol. The molecule has 0 radical (unpaired) electrons. The lowest BCUT2D eigenvalue weighted by Gasteiger charge is -2.37. The molecule has 0 amide bonds. The molecule has 1 aliphatic rings. The molecular weight excluding hydrogens is 359 g/mol. The average molecular weight is 386 g/mol. The summed E-state index contributed by atoms with van der Waals surface area (Å²) in [4.78, 5) is 8.67. The van der Waals surface area contributed by atoms with Crippen molar-refractivity contribution >= 4 is 11.6 Å². The zero-order valence-electron chi connectivity index (χ0n) is 16.6. The molecule has 1 N–H and O–H groups in total. The average Bonchev–Trinajstić information content (AvgIpc) is 2.75. The quantitative estimate of drug-likeness (QED) is 0.633. The SMILES string of the molecule is CN=C(NCc1ccc(OC)cc1OC)N1CCN(c2ccccc2F)CC1. The van der Waals surface area contributed by atoms with E-state index in [1.165, 1.54) is 6.07 Å². The van der Waals surface area contributed by atoms with Crippen LogP contribution in [-0.4, -0.2) is 58.3 Å². The molecule has 0 spiro atoms. The first-order valence-corrected chi connectivity index (χ1v) is 9.32. The minimum absolute atomic E-state index is 0.176. The van der Waals surface area contributed by atoms with Gasteiger partial charge in [-0.2, -0.15) is 0 Å². The van der Waals surface area contributed by atoms with Gasteiger partial charge < -0.3 is 24.6 Å². The normalized spacial score (nSPS) is 14.8. The lowest BCUT2D eigenvalue weighted by atomic mass is 10.2. The second-order valence-corrected chi connectivity index (χ2v) is 6.50. The largest absolute Gasteiger partial charge is 0.497 e. The third-order valence-corrected chi connectivity index (χ3v) is 4.92. The summed E-state index contributed by atoms with van der Waals surface area (Å²) >= 11 is 0. The molecular formula is C21H27FN4O2. The van der Waals surface area contributed by atoms with E-state index < -0.39 is 0 Å². The molecule has 2 aromatic rings. The topological polar surface area (TPSA) is 49.3 Å². The van der Waals surface area contributed by atoms with Gasteiger partial charge in [-0.05, 0) is 24.3 Å². The van der Waals surface area contributed by atoms with Crippen LogP contribution in [0.3, 0.4) is 0 Å². The molecule has 2 aromatic carbocycles. The number of ether oxygens (including phenoxy) is 2. The van der Waals surface area contributed by atoms with Gasteiger partial charge in [-0.3, -0.25) is 4.99 Å². The molecule has 0 aromatic heterocycles. The second kappa shape index (κ2) is 9.30. The Bertz CT molecular complexity index is 820. The van der Waals surface area contributed by atoms with E-state index >= 15 is 0 Å². The van der Waals surface area contributed by atoms with E-state index in [1.807, 2.05) is 30.3 Å². The molecule has 0 bridgehead atoms. The fourth-order valence-electron chi connectivity index (χ4n) is 3.37. The van der Waals surface area contributed by atoms with Crippen molar-refractivity contribution in [1.29, 1.82) is 0 Å². The molecule has 0 atom stereocenters. The van der Waals surface area contributed by atoms with Crippen molar-refractivity contribution < 1.29 is 13.9 Å². The van der Waals surface area contributed by atoms with Crippen molar-refractivity contribution in [2.24, 2.45) is 4.99 Å². The van der Waals surface area contributed by atoms with Crippen molar-refractivity contribution in [2.45, 2.75) is 6.54 Å². The highest BCUT2D eigenvalue weighted by Crippen LogP contribution is 2.24. The van der Waals surface area contributed by atoms with E-state index in [9.17, 15) is 4.39 Å². The number of methoxy groups -OCH3 is 2. The molecule has 1 fully saturated rings. The summed E-state index contributed by atoms with van der Waals surface area (Å²) in [6.45, 7) is 3.62. The molecule has 3 rings (SSSR count). The maximum absolute atomic E-state index is 14.0. The first-order valence-electron chi connectivity index (χ1n) is 9.32. The predicted molar refractivity (Wildman–Crippen MR) is 110 cm³/mol. The minimum Gasteiger partial charge on any atom is -0.497 e. The maximum atomic E-state index is 14.0. The molecule has 0 aliphatic carbocycles. The van der Waals surface area contributed by atoms with E-state index in [0.717, 1.165) is 49.2 Å². The Balaban J connectivity index is 1.59. The number of nitrogens with zero attached hydrogens (tertiary/aromatic N) is 3. The summed E-state index contributed by atoms with van der Waals surface area (Å²) in [5, 5.41) is 3.40. The lowest BCUT2D eigenvalue weighted by molar-refractivity contribution is 0.369. The highest BCUT2D eigenvalue weighted by atomic mass is 19.1. The Labute approximate surface area is 165 Å². The Morgan fingerprint density at radius 2 is 1.82 bits per heavy atom. The summed E-state index contributed by atoms with van der Waals surface area (Å²) in [7, 11) is 5.06. The standard InChI is InChI=1S/C21H27FN4O2/c1-23-21(24-15-16-8-9-17(27-2)14-20(16)28-3)26-12-10-25(11-13-26)19-7-5-4-6-18(19)22/h4-9,14H,10-13,15H2,1-3H3,(H,23,24). The van der Waals surface area contributed by atoms with Gasteiger partial charge in [0.25, 0.3) is 0 Å². The molecule has 0 saturated carbocycles. The van der Waals surface area contributed by atoms with Crippen LogP contribution in [0.5, 0.6) is 11.5 Å². The molecule has 7 heteroatoms. The van der Waals surface area contributed by atoms with Crippen LogP contribution in [-0.2, 0) is 6.54 Å². The van der Waals surface area contributed by atoms with Gasteiger partial charge in [0.1, 0.15) is 17.3 Å². The molecule has 1 heterocycles. The first kappa shape index (κ1) is 19.8. The molecule has 150 valence electrons. The van der Waals surface area contributed by atoms with Gasteiger partial charge in [0.2, 0.25) is 0 Å². The second-order valence-electron chi connectivity index (χ2n) is 6.50. The predicted octanol–water partition coefficient (Wildman–Crippen LogP) is 2.74. The number of guanidine groups is 1. The van der Waals surface area contributed by atoms with Crippen LogP contribution in [0.4, 0.5) is 10.1 Å². The van der Waals surface area contributed by atoms with Crippen LogP contribution in [0.25, 0.3) is 0 Å². The van der Waals surface area contributed by atoms with Crippen molar-refractivity contribution in [3.63, 3.8) is 0 Å². The number of anilines is 1. The first-order chi connectivity index (χ1) is 13.7. The molecule has 6 nitrogen and oxygen atoms in total. The third kappa shape index (κ3) is 4.47. The fraction of sp³-hybridized carbons (Fsp3) is 0.381. The zero-order chi connectivity index (χ0) is 19.9. The summed E-state index contributed by atoms with van der Waals surface area (Å²) in [5.41, 5.74) is 1.68. The summed E-state index contributed by atoms with van der Waals surface area (Å²) in [6.07, 6.45) is 0. The van der Waals surface area contributed by atoms with Crippen LogP contribution in [0.15, 0.2) is 47.5 Å². The van der Waals surface area contributed by atoms with E-state index in [0.29, 0.717) is 12.2 Å². The van der Waals surface area contributed by atoms with Crippen molar-refractivity contribution in [2.75, 3.05) is 52.3 Å². The van der Waals surface area contributed by atoms with Gasteiger partial charge >= 0.3 is 0 Å².